The largest absolute Gasteiger partial charge is 0.397 e. The average Bonchev–Trinajstić information content (AvgIpc) is 2.33. The first-order valence-electron chi connectivity index (χ1n) is 6.80. The molecule has 0 saturated carbocycles. The van der Waals surface area contributed by atoms with Gasteiger partial charge < -0.3 is 22.1 Å². The van der Waals surface area contributed by atoms with Crippen molar-refractivity contribution in [3.63, 3.8) is 0 Å². The number of anilines is 4. The first-order valence-corrected chi connectivity index (χ1v) is 6.80. The molecule has 6 N–H and O–H groups in total. The third kappa shape index (κ3) is 2.13. The number of hydrogen-bond acceptors (Lipinski definition) is 4. The Labute approximate surface area is 119 Å². The quantitative estimate of drug-likeness (QED) is 0.554. The van der Waals surface area contributed by atoms with Crippen LogP contribution in [0, 0.1) is 13.8 Å². The first kappa shape index (κ1) is 12.7. The lowest BCUT2D eigenvalue weighted by molar-refractivity contribution is 1.05. The summed E-state index contributed by atoms with van der Waals surface area (Å²) >= 11 is 0. The van der Waals surface area contributed by atoms with Crippen molar-refractivity contribution in [2.75, 3.05) is 22.1 Å². The number of hydrogen-bond donors (Lipinski definition) is 4. The molecule has 0 bridgehead atoms. The van der Waals surface area contributed by atoms with Crippen molar-refractivity contribution in [1.82, 2.24) is 0 Å². The maximum atomic E-state index is 6.13. The van der Waals surface area contributed by atoms with Gasteiger partial charge in [-0.1, -0.05) is 12.1 Å². The highest BCUT2D eigenvalue weighted by Gasteiger charge is 2.15. The fourth-order valence-corrected chi connectivity index (χ4v) is 2.86. The Bertz CT molecular complexity index is 617. The van der Waals surface area contributed by atoms with Crippen LogP contribution in [0.25, 0.3) is 0 Å². The van der Waals surface area contributed by atoms with Crippen LogP contribution in [0.15, 0.2) is 24.3 Å². The molecular weight excluding hydrogens is 248 g/mol. The predicted octanol–water partition coefficient (Wildman–Crippen LogP) is 3.01. The molecular formula is C16H20N4. The second kappa shape index (κ2) is 4.63. The molecule has 0 atom stereocenters. The van der Waals surface area contributed by atoms with E-state index in [1.54, 1.807) is 0 Å². The van der Waals surface area contributed by atoms with Gasteiger partial charge in [-0.15, -0.1) is 0 Å². The molecule has 104 valence electrons. The van der Waals surface area contributed by atoms with Gasteiger partial charge in [-0.3, -0.25) is 0 Å². The minimum absolute atomic E-state index is 0.717. The van der Waals surface area contributed by atoms with Gasteiger partial charge in [-0.2, -0.15) is 0 Å². The Balaban J connectivity index is 2.04. The van der Waals surface area contributed by atoms with E-state index in [2.05, 4.69) is 36.6 Å². The summed E-state index contributed by atoms with van der Waals surface area (Å²) in [5.41, 5.74) is 20.6. The van der Waals surface area contributed by atoms with Gasteiger partial charge in [0.1, 0.15) is 0 Å². The van der Waals surface area contributed by atoms with Crippen LogP contribution in [-0.4, -0.2) is 0 Å². The summed E-state index contributed by atoms with van der Waals surface area (Å²) in [4.78, 5) is 0. The van der Waals surface area contributed by atoms with Crippen molar-refractivity contribution in [3.05, 3.63) is 46.5 Å². The standard InChI is InChI=1S/C16H20N4/c1-9-3-11-7-19-16-12(4-10(2)6-14(16)18)8-20-15(11)13(17)5-9/h3-6,19-20H,7-8,17-18H2,1-2H3. The number of benzene rings is 2. The number of nitrogens with one attached hydrogen (secondary N) is 2. The third-order valence-electron chi connectivity index (χ3n) is 3.70. The molecule has 4 heteroatoms. The molecule has 2 aromatic carbocycles. The molecule has 0 radical (unpaired) electrons. The molecule has 1 heterocycles. The lowest BCUT2D eigenvalue weighted by atomic mass is 10.0. The highest BCUT2D eigenvalue weighted by Crippen LogP contribution is 2.33. The van der Waals surface area contributed by atoms with E-state index < -0.39 is 0 Å². The topological polar surface area (TPSA) is 76.1 Å². The van der Waals surface area contributed by atoms with Crippen LogP contribution in [0.5, 0.6) is 0 Å². The van der Waals surface area contributed by atoms with Gasteiger partial charge in [-0.25, -0.2) is 0 Å². The van der Waals surface area contributed by atoms with Crippen molar-refractivity contribution in [3.8, 4) is 0 Å². The van der Waals surface area contributed by atoms with Gasteiger partial charge in [0, 0.05) is 13.1 Å². The molecule has 0 aliphatic carbocycles. The number of fused-ring (bicyclic) bond motifs is 2. The third-order valence-corrected chi connectivity index (χ3v) is 3.70. The molecule has 20 heavy (non-hydrogen) atoms. The Morgan fingerprint density at radius 3 is 1.55 bits per heavy atom. The van der Waals surface area contributed by atoms with E-state index in [1.165, 1.54) is 22.3 Å². The summed E-state index contributed by atoms with van der Waals surface area (Å²) in [6.07, 6.45) is 0. The average molecular weight is 268 g/mol. The highest BCUT2D eigenvalue weighted by atomic mass is 15.0. The van der Waals surface area contributed by atoms with Crippen LogP contribution in [-0.2, 0) is 13.1 Å². The van der Waals surface area contributed by atoms with Crippen LogP contribution in [0.1, 0.15) is 22.3 Å². The second-order valence-corrected chi connectivity index (χ2v) is 5.48. The van der Waals surface area contributed by atoms with E-state index in [9.17, 15) is 0 Å². The van der Waals surface area contributed by atoms with Gasteiger partial charge >= 0.3 is 0 Å². The molecule has 0 aromatic heterocycles. The van der Waals surface area contributed by atoms with E-state index in [-0.39, 0.29) is 0 Å². The number of nitrogens with two attached hydrogens (primary N) is 2. The molecule has 0 unspecified atom stereocenters. The van der Waals surface area contributed by atoms with Crippen molar-refractivity contribution < 1.29 is 0 Å². The molecule has 4 nitrogen and oxygen atoms in total. The van der Waals surface area contributed by atoms with Gasteiger partial charge in [0.25, 0.3) is 0 Å². The van der Waals surface area contributed by atoms with Gasteiger partial charge in [0.05, 0.1) is 22.7 Å². The minimum atomic E-state index is 0.717. The second-order valence-electron chi connectivity index (χ2n) is 5.48. The molecule has 1 aliphatic rings. The molecule has 0 amide bonds. The lowest BCUT2D eigenvalue weighted by Gasteiger charge is -2.23. The van der Waals surface area contributed by atoms with Crippen molar-refractivity contribution in [1.29, 1.82) is 0 Å². The van der Waals surface area contributed by atoms with Crippen LogP contribution < -0.4 is 22.1 Å². The zero-order valence-electron chi connectivity index (χ0n) is 11.9. The van der Waals surface area contributed by atoms with E-state index >= 15 is 0 Å². The van der Waals surface area contributed by atoms with E-state index in [0.29, 0.717) is 13.1 Å². The summed E-state index contributed by atoms with van der Waals surface area (Å²) in [5, 5.41) is 6.90. The normalized spacial score (nSPS) is 13.3. The van der Waals surface area contributed by atoms with Crippen LogP contribution in [0.2, 0.25) is 0 Å². The fourth-order valence-electron chi connectivity index (χ4n) is 2.86. The Morgan fingerprint density at radius 2 is 1.15 bits per heavy atom. The van der Waals surface area contributed by atoms with Crippen molar-refractivity contribution >= 4 is 22.7 Å². The van der Waals surface area contributed by atoms with Gasteiger partial charge in [0.15, 0.2) is 0 Å². The van der Waals surface area contributed by atoms with Crippen LogP contribution in [0.4, 0.5) is 22.7 Å². The van der Waals surface area contributed by atoms with Gasteiger partial charge in [-0.05, 0) is 48.2 Å². The summed E-state index contributed by atoms with van der Waals surface area (Å²) < 4.78 is 0. The summed E-state index contributed by atoms with van der Waals surface area (Å²) in [6.45, 7) is 5.55. The monoisotopic (exact) mass is 268 g/mol. The summed E-state index contributed by atoms with van der Waals surface area (Å²) in [6, 6.07) is 8.31. The summed E-state index contributed by atoms with van der Waals surface area (Å²) in [7, 11) is 0. The molecule has 0 saturated heterocycles. The Hall–Kier alpha value is -2.36. The molecule has 1 aliphatic heterocycles. The van der Waals surface area contributed by atoms with Crippen molar-refractivity contribution in [2.45, 2.75) is 26.9 Å². The maximum absolute atomic E-state index is 6.13. The van der Waals surface area contributed by atoms with Crippen molar-refractivity contribution in [2.24, 2.45) is 0 Å². The number of aryl methyl sites for hydroxylation is 2. The fraction of sp³-hybridized carbons (Fsp3) is 0.250. The van der Waals surface area contributed by atoms with Crippen LogP contribution >= 0.6 is 0 Å². The summed E-state index contributed by atoms with van der Waals surface area (Å²) in [5.74, 6) is 0. The Kier molecular flexibility index (Phi) is 2.93. The first-order chi connectivity index (χ1) is 9.54. The van der Waals surface area contributed by atoms with E-state index in [0.717, 1.165) is 22.7 Å². The van der Waals surface area contributed by atoms with E-state index in [1.807, 2.05) is 12.1 Å². The number of nitrogen functional groups attached to an aromatic ring is 2. The Morgan fingerprint density at radius 1 is 0.750 bits per heavy atom. The zero-order valence-corrected chi connectivity index (χ0v) is 11.9. The van der Waals surface area contributed by atoms with Crippen LogP contribution in [0.3, 0.4) is 0 Å². The lowest BCUT2D eigenvalue weighted by Crippen LogP contribution is -2.15. The zero-order chi connectivity index (χ0) is 14.3. The molecule has 0 spiro atoms. The smallest absolute Gasteiger partial charge is 0.0627 e. The molecule has 3 rings (SSSR count). The molecule has 2 aromatic rings. The number of rotatable bonds is 0. The van der Waals surface area contributed by atoms with Gasteiger partial charge in [0.2, 0.25) is 0 Å². The van der Waals surface area contributed by atoms with E-state index in [4.69, 9.17) is 11.5 Å². The highest BCUT2D eigenvalue weighted by molar-refractivity contribution is 5.77. The predicted molar refractivity (Wildman–Crippen MR) is 85.8 cm³/mol. The maximum Gasteiger partial charge on any atom is 0.0627 e. The SMILES string of the molecule is Cc1cc(N)c2c(c1)CNc1c(N)cc(C)cc1CN2. The minimum Gasteiger partial charge on any atom is -0.397 e. The molecule has 0 fully saturated rings.